The molecular weight excluding hydrogens is 631 g/mol. The van der Waals surface area contributed by atoms with E-state index in [0.717, 1.165) is 11.4 Å². The van der Waals surface area contributed by atoms with Crippen LogP contribution < -0.4 is 0 Å². The third-order valence-corrected chi connectivity index (χ3v) is 11.0. The highest BCUT2D eigenvalue weighted by Crippen LogP contribution is 2.44. The molecule has 0 atom stereocenters. The average Bonchev–Trinajstić information content (AvgIpc) is 3.83. The van der Waals surface area contributed by atoms with Gasteiger partial charge in [-0.3, -0.25) is 0 Å². The molecule has 0 aliphatic carbocycles. The Balaban J connectivity index is 1.22. The highest BCUT2D eigenvalue weighted by atomic mass is 15.0. The van der Waals surface area contributed by atoms with Gasteiger partial charge in [-0.2, -0.15) is 0 Å². The Labute approximate surface area is 300 Å². The summed E-state index contributed by atoms with van der Waals surface area (Å²) in [5.74, 6) is 0. The lowest BCUT2D eigenvalue weighted by Crippen LogP contribution is -1.97. The molecule has 3 nitrogen and oxygen atoms in total. The fraction of sp³-hybridized carbons (Fsp3) is 0.0204. The highest BCUT2D eigenvalue weighted by Gasteiger charge is 2.21. The second kappa shape index (κ2) is 11.1. The Hall–Kier alpha value is -6.84. The van der Waals surface area contributed by atoms with Crippen LogP contribution in [0.2, 0.25) is 0 Å². The Bertz CT molecular complexity index is 3180. The average molecular weight is 664 g/mol. The zero-order valence-corrected chi connectivity index (χ0v) is 28.7. The summed E-state index contributed by atoms with van der Waals surface area (Å²) in [5, 5.41) is 7.57. The lowest BCUT2D eigenvalue weighted by Gasteiger charge is -2.14. The minimum absolute atomic E-state index is 1.15. The van der Waals surface area contributed by atoms with Gasteiger partial charge in [0.25, 0.3) is 0 Å². The Morgan fingerprint density at radius 3 is 1.37 bits per heavy atom. The van der Waals surface area contributed by atoms with Gasteiger partial charge in [0.15, 0.2) is 0 Å². The lowest BCUT2D eigenvalue weighted by atomic mass is 9.99. The first kappa shape index (κ1) is 28.9. The van der Waals surface area contributed by atoms with E-state index in [4.69, 9.17) is 0 Å². The molecule has 0 unspecified atom stereocenters. The highest BCUT2D eigenvalue weighted by molar-refractivity contribution is 6.19. The number of para-hydroxylation sites is 6. The van der Waals surface area contributed by atoms with Crippen LogP contribution in [0.5, 0.6) is 0 Å². The maximum absolute atomic E-state index is 2.50. The summed E-state index contributed by atoms with van der Waals surface area (Å²) >= 11 is 0. The summed E-state index contributed by atoms with van der Waals surface area (Å²) in [6.07, 6.45) is 0. The Kier molecular flexibility index (Phi) is 6.17. The number of nitrogens with zero attached hydrogens (tertiary/aromatic N) is 3. The molecule has 3 heteroatoms. The van der Waals surface area contributed by atoms with E-state index >= 15 is 0 Å². The molecule has 52 heavy (non-hydrogen) atoms. The van der Waals surface area contributed by atoms with Crippen LogP contribution in [-0.4, -0.2) is 13.7 Å². The number of hydrogen-bond acceptors (Lipinski definition) is 0. The number of fused-ring (bicyclic) bond motifs is 9. The quantitative estimate of drug-likeness (QED) is 0.178. The molecule has 0 aliphatic rings. The Morgan fingerprint density at radius 2 is 0.750 bits per heavy atom. The van der Waals surface area contributed by atoms with E-state index in [2.05, 4.69) is 203 Å². The molecule has 0 spiro atoms. The van der Waals surface area contributed by atoms with Crippen molar-refractivity contribution in [3.05, 3.63) is 182 Å². The molecular formula is C49H33N3. The summed E-state index contributed by atoms with van der Waals surface area (Å²) in [6.45, 7) is 0. The molecule has 11 rings (SSSR count). The SMILES string of the molecule is Cn1c2ccccc2c2ccc(-c3cccc4c5cccc(-c6ccc7c8ccccc8n(-c8ccccc8)c7c6)c5n(-c5ccccc5)c34)cc21. The van der Waals surface area contributed by atoms with Gasteiger partial charge in [-0.15, -0.1) is 0 Å². The molecule has 0 bridgehead atoms. The minimum atomic E-state index is 1.15. The van der Waals surface area contributed by atoms with Crippen molar-refractivity contribution in [3.8, 4) is 33.6 Å². The van der Waals surface area contributed by atoms with Gasteiger partial charge in [-0.1, -0.05) is 133 Å². The van der Waals surface area contributed by atoms with Crippen LogP contribution in [0.15, 0.2) is 182 Å². The maximum Gasteiger partial charge on any atom is 0.0619 e. The van der Waals surface area contributed by atoms with Crippen LogP contribution in [-0.2, 0) is 7.05 Å². The standard InChI is InChI=1S/C49H33N3/c1-50-44-24-10-8-18-38(44)40-28-26-32(30-46(40)50)36-20-12-22-42-43-23-13-21-37(49(43)52(48(36)42)35-16-6-3-7-17-35)33-27-29-41-39-19-9-11-25-45(39)51(47(41)31-33)34-14-4-2-5-15-34/h2-31H,1H3. The number of rotatable bonds is 4. The first-order valence-electron chi connectivity index (χ1n) is 17.9. The molecule has 244 valence electrons. The van der Waals surface area contributed by atoms with Gasteiger partial charge in [0, 0.05) is 72.9 Å². The van der Waals surface area contributed by atoms with Crippen molar-refractivity contribution in [1.29, 1.82) is 0 Å². The van der Waals surface area contributed by atoms with Crippen LogP contribution in [0.1, 0.15) is 0 Å². The topological polar surface area (TPSA) is 14.8 Å². The zero-order chi connectivity index (χ0) is 34.3. The molecule has 3 aromatic heterocycles. The fourth-order valence-corrected chi connectivity index (χ4v) is 8.74. The number of hydrogen-bond donors (Lipinski definition) is 0. The van der Waals surface area contributed by atoms with Gasteiger partial charge in [-0.25, -0.2) is 0 Å². The molecule has 0 saturated heterocycles. The monoisotopic (exact) mass is 663 g/mol. The van der Waals surface area contributed by atoms with E-state index in [1.54, 1.807) is 0 Å². The third-order valence-electron chi connectivity index (χ3n) is 11.0. The summed E-state index contributed by atoms with van der Waals surface area (Å²) in [5.41, 5.74) is 14.5. The minimum Gasteiger partial charge on any atom is -0.344 e. The van der Waals surface area contributed by atoms with Gasteiger partial charge in [0.1, 0.15) is 0 Å². The number of benzene rings is 8. The van der Waals surface area contributed by atoms with Gasteiger partial charge >= 0.3 is 0 Å². The zero-order valence-electron chi connectivity index (χ0n) is 28.7. The Morgan fingerprint density at radius 1 is 0.308 bits per heavy atom. The molecule has 0 saturated carbocycles. The van der Waals surface area contributed by atoms with E-state index in [1.807, 2.05) is 0 Å². The number of aryl methyl sites for hydroxylation is 1. The van der Waals surface area contributed by atoms with Crippen molar-refractivity contribution in [2.75, 3.05) is 0 Å². The normalized spacial score (nSPS) is 11.9. The first-order valence-corrected chi connectivity index (χ1v) is 17.9. The summed E-state index contributed by atoms with van der Waals surface area (Å²) in [4.78, 5) is 0. The van der Waals surface area contributed by atoms with Crippen molar-refractivity contribution in [1.82, 2.24) is 13.7 Å². The fourth-order valence-electron chi connectivity index (χ4n) is 8.74. The van der Waals surface area contributed by atoms with E-state index in [1.165, 1.54) is 87.7 Å². The van der Waals surface area contributed by atoms with Crippen molar-refractivity contribution in [3.63, 3.8) is 0 Å². The molecule has 8 aromatic carbocycles. The maximum atomic E-state index is 2.50. The first-order chi connectivity index (χ1) is 25.7. The molecule has 0 N–H and O–H groups in total. The lowest BCUT2D eigenvalue weighted by molar-refractivity contribution is 1.01. The molecule has 0 radical (unpaired) electrons. The molecule has 0 fully saturated rings. The van der Waals surface area contributed by atoms with Crippen LogP contribution in [0.4, 0.5) is 0 Å². The predicted molar refractivity (Wildman–Crippen MR) is 220 cm³/mol. The van der Waals surface area contributed by atoms with Crippen molar-refractivity contribution >= 4 is 65.4 Å². The van der Waals surface area contributed by atoms with E-state index in [9.17, 15) is 0 Å². The molecule has 0 amide bonds. The van der Waals surface area contributed by atoms with E-state index in [0.29, 0.717) is 0 Å². The molecule has 11 aromatic rings. The largest absolute Gasteiger partial charge is 0.344 e. The second-order valence-electron chi connectivity index (χ2n) is 13.8. The summed E-state index contributed by atoms with van der Waals surface area (Å²) in [6, 6.07) is 66.6. The summed E-state index contributed by atoms with van der Waals surface area (Å²) < 4.78 is 7.23. The van der Waals surface area contributed by atoms with Crippen LogP contribution >= 0.6 is 0 Å². The number of aromatic nitrogens is 3. The molecule has 3 heterocycles. The van der Waals surface area contributed by atoms with Gasteiger partial charge in [0.05, 0.1) is 22.1 Å². The van der Waals surface area contributed by atoms with E-state index < -0.39 is 0 Å². The van der Waals surface area contributed by atoms with Crippen LogP contribution in [0.3, 0.4) is 0 Å². The predicted octanol–water partition coefficient (Wildman–Crippen LogP) is 12.9. The van der Waals surface area contributed by atoms with Crippen molar-refractivity contribution in [2.24, 2.45) is 7.05 Å². The van der Waals surface area contributed by atoms with Crippen molar-refractivity contribution < 1.29 is 0 Å². The third kappa shape index (κ3) is 4.08. The van der Waals surface area contributed by atoms with Gasteiger partial charge < -0.3 is 13.7 Å². The van der Waals surface area contributed by atoms with E-state index in [-0.39, 0.29) is 0 Å². The smallest absolute Gasteiger partial charge is 0.0619 e. The van der Waals surface area contributed by atoms with Gasteiger partial charge in [0.2, 0.25) is 0 Å². The molecule has 0 aliphatic heterocycles. The van der Waals surface area contributed by atoms with Crippen molar-refractivity contribution in [2.45, 2.75) is 0 Å². The van der Waals surface area contributed by atoms with Crippen LogP contribution in [0, 0.1) is 0 Å². The summed E-state index contributed by atoms with van der Waals surface area (Å²) in [7, 11) is 2.18. The van der Waals surface area contributed by atoms with Gasteiger partial charge in [-0.05, 0) is 59.7 Å². The van der Waals surface area contributed by atoms with Crippen LogP contribution in [0.25, 0.3) is 99.0 Å². The second-order valence-corrected chi connectivity index (χ2v) is 13.8.